The molecule has 0 atom stereocenters. The lowest BCUT2D eigenvalue weighted by Gasteiger charge is -2.14. The minimum absolute atomic E-state index is 0.0323. The fourth-order valence-corrected chi connectivity index (χ4v) is 2.03. The highest BCUT2D eigenvalue weighted by molar-refractivity contribution is 7.89. The Morgan fingerprint density at radius 1 is 1.28 bits per heavy atom. The van der Waals surface area contributed by atoms with Crippen molar-refractivity contribution in [3.63, 3.8) is 0 Å². The maximum absolute atomic E-state index is 11.5. The molecule has 100 valence electrons. The van der Waals surface area contributed by atoms with E-state index >= 15 is 0 Å². The van der Waals surface area contributed by atoms with Crippen LogP contribution in [0.4, 0.5) is 0 Å². The molecule has 5 nitrogen and oxygen atoms in total. The van der Waals surface area contributed by atoms with E-state index in [-0.39, 0.29) is 18.9 Å². The lowest BCUT2D eigenvalue weighted by atomic mass is 10.2. The summed E-state index contributed by atoms with van der Waals surface area (Å²) in [6.07, 6.45) is 0. The average Bonchev–Trinajstić information content (AvgIpc) is 2.37. The number of carbonyl (C=O) groups excluding carboxylic acids is 1. The van der Waals surface area contributed by atoms with Crippen LogP contribution in [0.2, 0.25) is 0 Å². The molecule has 0 bridgehead atoms. The summed E-state index contributed by atoms with van der Waals surface area (Å²) in [7, 11) is -1.98. The zero-order valence-corrected chi connectivity index (χ0v) is 11.3. The highest BCUT2D eigenvalue weighted by atomic mass is 32.2. The van der Waals surface area contributed by atoms with E-state index in [0.717, 1.165) is 9.87 Å². The van der Waals surface area contributed by atoms with Gasteiger partial charge in [0.1, 0.15) is 13.2 Å². The van der Waals surface area contributed by atoms with Gasteiger partial charge in [0.15, 0.2) is 0 Å². The number of ether oxygens (including phenoxy) is 1. The van der Waals surface area contributed by atoms with Gasteiger partial charge in [-0.15, -0.1) is 0 Å². The number of nitrogens with zero attached hydrogens (tertiary/aromatic N) is 1. The van der Waals surface area contributed by atoms with E-state index in [4.69, 9.17) is 4.74 Å². The maximum Gasteiger partial charge on any atom is 0.321 e. The Labute approximate surface area is 107 Å². The van der Waals surface area contributed by atoms with Crippen molar-refractivity contribution in [2.45, 2.75) is 13.5 Å². The van der Waals surface area contributed by atoms with Crippen LogP contribution in [-0.4, -0.2) is 38.0 Å². The molecule has 0 aliphatic heterocycles. The third-order valence-electron chi connectivity index (χ3n) is 2.43. The molecular formula is C12H17NO4S. The summed E-state index contributed by atoms with van der Waals surface area (Å²) >= 11 is 0. The van der Waals surface area contributed by atoms with Crippen molar-refractivity contribution in [2.24, 2.45) is 0 Å². The molecule has 1 rings (SSSR count). The van der Waals surface area contributed by atoms with Crippen LogP contribution in [0.3, 0.4) is 0 Å². The summed E-state index contributed by atoms with van der Waals surface area (Å²) in [5, 5.41) is 0. The Morgan fingerprint density at radius 3 is 2.44 bits per heavy atom. The maximum atomic E-state index is 11.5. The van der Waals surface area contributed by atoms with Gasteiger partial charge in [-0.25, -0.2) is 8.42 Å². The van der Waals surface area contributed by atoms with Gasteiger partial charge in [0, 0.05) is 7.05 Å². The van der Waals surface area contributed by atoms with Crippen molar-refractivity contribution in [3.8, 4) is 0 Å². The van der Waals surface area contributed by atoms with Gasteiger partial charge >= 0.3 is 5.97 Å². The molecular weight excluding hydrogens is 254 g/mol. The largest absolute Gasteiger partial charge is 0.460 e. The summed E-state index contributed by atoms with van der Waals surface area (Å²) in [4.78, 5) is 11.5. The fraction of sp³-hybridized carbons (Fsp3) is 0.417. The Morgan fingerprint density at radius 2 is 1.89 bits per heavy atom. The third-order valence-corrected chi connectivity index (χ3v) is 4.24. The second-order valence-electron chi connectivity index (χ2n) is 3.80. The topological polar surface area (TPSA) is 63.7 Å². The number of benzene rings is 1. The quantitative estimate of drug-likeness (QED) is 0.724. The molecule has 0 heterocycles. The van der Waals surface area contributed by atoms with Gasteiger partial charge in [0.25, 0.3) is 0 Å². The number of esters is 1. The minimum Gasteiger partial charge on any atom is -0.460 e. The number of hydrogen-bond acceptors (Lipinski definition) is 4. The number of rotatable bonds is 6. The second kappa shape index (κ2) is 6.51. The Balaban J connectivity index is 2.44. The first-order chi connectivity index (χ1) is 8.45. The molecule has 0 aliphatic rings. The molecule has 0 N–H and O–H groups in total. The standard InChI is InChI=1S/C12H17NO4S/c1-3-18(15,16)13(2)9-12(14)17-10-11-7-5-4-6-8-11/h4-8H,3,9-10H2,1-2H3. The van der Waals surface area contributed by atoms with Crippen LogP contribution in [0.25, 0.3) is 0 Å². The van der Waals surface area contributed by atoms with Crippen molar-refractivity contribution in [2.75, 3.05) is 19.3 Å². The number of carbonyl (C=O) groups is 1. The highest BCUT2D eigenvalue weighted by Gasteiger charge is 2.18. The summed E-state index contributed by atoms with van der Waals surface area (Å²) in [5.41, 5.74) is 0.867. The van der Waals surface area contributed by atoms with Crippen molar-refractivity contribution >= 4 is 16.0 Å². The van der Waals surface area contributed by atoms with Crippen molar-refractivity contribution in [1.29, 1.82) is 0 Å². The van der Waals surface area contributed by atoms with Gasteiger partial charge in [-0.2, -0.15) is 4.31 Å². The van der Waals surface area contributed by atoms with Gasteiger partial charge in [-0.05, 0) is 12.5 Å². The summed E-state index contributed by atoms with van der Waals surface area (Å²) < 4.78 is 28.8. The molecule has 0 unspecified atom stereocenters. The van der Waals surface area contributed by atoms with E-state index in [1.54, 1.807) is 0 Å². The van der Waals surface area contributed by atoms with Crippen molar-refractivity contribution < 1.29 is 17.9 Å². The molecule has 0 aromatic heterocycles. The van der Waals surface area contributed by atoms with Crippen molar-refractivity contribution in [3.05, 3.63) is 35.9 Å². The lowest BCUT2D eigenvalue weighted by Crippen LogP contribution is -2.34. The first-order valence-electron chi connectivity index (χ1n) is 5.59. The molecule has 18 heavy (non-hydrogen) atoms. The normalized spacial score (nSPS) is 11.5. The lowest BCUT2D eigenvalue weighted by molar-refractivity contribution is -0.144. The van der Waals surface area contributed by atoms with Crippen LogP contribution < -0.4 is 0 Å². The van der Waals surface area contributed by atoms with Gasteiger partial charge < -0.3 is 4.74 Å². The summed E-state index contributed by atoms with van der Waals surface area (Å²) in [6, 6.07) is 9.22. The molecule has 0 spiro atoms. The zero-order chi connectivity index (χ0) is 13.6. The molecule has 0 saturated carbocycles. The van der Waals surface area contributed by atoms with Gasteiger partial charge in [-0.1, -0.05) is 30.3 Å². The number of hydrogen-bond donors (Lipinski definition) is 0. The first-order valence-corrected chi connectivity index (χ1v) is 7.20. The fourth-order valence-electron chi connectivity index (χ4n) is 1.28. The number of likely N-dealkylation sites (N-methyl/N-ethyl adjacent to an activating group) is 1. The third kappa shape index (κ3) is 4.46. The predicted octanol–water partition coefficient (Wildman–Crippen LogP) is 1.01. The zero-order valence-electron chi connectivity index (χ0n) is 10.5. The summed E-state index contributed by atoms with van der Waals surface area (Å²) in [6.45, 7) is 1.42. The van der Waals surface area contributed by atoms with Gasteiger partial charge in [0.2, 0.25) is 10.0 Å². The van der Waals surface area contributed by atoms with Crippen LogP contribution in [0.15, 0.2) is 30.3 Å². The highest BCUT2D eigenvalue weighted by Crippen LogP contribution is 2.02. The Kier molecular flexibility index (Phi) is 5.30. The average molecular weight is 271 g/mol. The minimum atomic E-state index is -3.34. The van der Waals surface area contributed by atoms with Crippen LogP contribution in [0.1, 0.15) is 12.5 Å². The Hall–Kier alpha value is -1.40. The monoisotopic (exact) mass is 271 g/mol. The van der Waals surface area contributed by atoms with Gasteiger partial charge in [0.05, 0.1) is 5.75 Å². The molecule has 0 radical (unpaired) electrons. The number of sulfonamides is 1. The molecule has 1 aromatic rings. The summed E-state index contributed by atoms with van der Waals surface area (Å²) in [5.74, 6) is -0.589. The van der Waals surface area contributed by atoms with E-state index in [2.05, 4.69) is 0 Å². The molecule has 0 saturated heterocycles. The van der Waals surface area contributed by atoms with E-state index in [1.807, 2.05) is 30.3 Å². The van der Waals surface area contributed by atoms with E-state index in [1.165, 1.54) is 14.0 Å². The predicted molar refractivity (Wildman–Crippen MR) is 68.3 cm³/mol. The van der Waals surface area contributed by atoms with E-state index in [9.17, 15) is 13.2 Å². The molecule has 0 amide bonds. The SMILES string of the molecule is CCS(=O)(=O)N(C)CC(=O)OCc1ccccc1. The van der Waals surface area contributed by atoms with Crippen LogP contribution >= 0.6 is 0 Å². The van der Waals surface area contributed by atoms with Crippen LogP contribution in [0, 0.1) is 0 Å². The van der Waals surface area contributed by atoms with Crippen LogP contribution in [0.5, 0.6) is 0 Å². The molecule has 1 aromatic carbocycles. The van der Waals surface area contributed by atoms with E-state index in [0.29, 0.717) is 0 Å². The second-order valence-corrected chi connectivity index (χ2v) is 6.17. The smallest absolute Gasteiger partial charge is 0.321 e. The van der Waals surface area contributed by atoms with Crippen LogP contribution in [-0.2, 0) is 26.2 Å². The first kappa shape index (κ1) is 14.7. The Bertz CT molecular complexity index is 484. The molecule has 0 aliphatic carbocycles. The molecule has 6 heteroatoms. The van der Waals surface area contributed by atoms with Gasteiger partial charge in [-0.3, -0.25) is 4.79 Å². The molecule has 0 fully saturated rings. The van der Waals surface area contributed by atoms with Crippen molar-refractivity contribution in [1.82, 2.24) is 4.31 Å². The van der Waals surface area contributed by atoms with E-state index < -0.39 is 16.0 Å².